The van der Waals surface area contributed by atoms with Crippen LogP contribution in [-0.4, -0.2) is 31.1 Å². The van der Waals surface area contributed by atoms with Crippen LogP contribution in [0.4, 0.5) is 5.69 Å². The van der Waals surface area contributed by atoms with Gasteiger partial charge in [-0.3, -0.25) is 9.78 Å². The van der Waals surface area contributed by atoms with E-state index in [-0.39, 0.29) is 11.5 Å². The summed E-state index contributed by atoms with van der Waals surface area (Å²) in [6.45, 7) is 0. The minimum atomic E-state index is -0.542. The van der Waals surface area contributed by atoms with E-state index in [0.717, 1.165) is 22.0 Å². The lowest BCUT2D eigenvalue weighted by atomic mass is 9.99. The van der Waals surface area contributed by atoms with E-state index in [1.807, 2.05) is 36.4 Å². The number of nitrogens with zero attached hydrogens (tertiary/aromatic N) is 1. The lowest BCUT2D eigenvalue weighted by Crippen LogP contribution is -2.15. The monoisotopic (exact) mass is 412 g/mol. The fourth-order valence-corrected chi connectivity index (χ4v) is 3.37. The Morgan fingerprint density at radius 3 is 2.42 bits per heavy atom. The molecule has 4 rings (SSSR count). The quantitative estimate of drug-likeness (QED) is 0.469. The van der Waals surface area contributed by atoms with Crippen molar-refractivity contribution >= 4 is 28.5 Å². The second kappa shape index (κ2) is 8.67. The average Bonchev–Trinajstić information content (AvgIpc) is 2.83. The molecule has 0 aliphatic carbocycles. The normalized spacial score (nSPS) is 10.5. The number of amides is 1. The Hall–Kier alpha value is -4.19. The standard InChI is InChI=1S/C25H20N2O4/c1-30-19-11-8-17(9-12-19)24(28)27-22-13-10-18(15-21(22)25(29)31-2)20-7-3-5-16-6-4-14-26-23(16)20/h3-15H,1-2H3,(H,27,28). The minimum absolute atomic E-state index is 0.259. The SMILES string of the molecule is COC(=O)c1cc(-c2cccc3cccnc23)ccc1NC(=O)c1ccc(OC)cc1. The van der Waals surface area contributed by atoms with Crippen LogP contribution in [0, 0.1) is 0 Å². The van der Waals surface area contributed by atoms with Crippen molar-refractivity contribution in [2.45, 2.75) is 0 Å². The molecule has 0 aliphatic heterocycles. The van der Waals surface area contributed by atoms with E-state index in [2.05, 4.69) is 10.3 Å². The topological polar surface area (TPSA) is 77.5 Å². The second-order valence-electron chi connectivity index (χ2n) is 6.82. The average molecular weight is 412 g/mol. The first-order chi connectivity index (χ1) is 15.1. The van der Waals surface area contributed by atoms with Crippen molar-refractivity contribution in [3.05, 3.63) is 90.1 Å². The van der Waals surface area contributed by atoms with E-state index in [0.29, 0.717) is 17.0 Å². The Kier molecular flexibility index (Phi) is 5.62. The molecule has 0 spiro atoms. The molecule has 0 fully saturated rings. The minimum Gasteiger partial charge on any atom is -0.497 e. The zero-order chi connectivity index (χ0) is 21.8. The molecule has 0 saturated heterocycles. The Morgan fingerprint density at radius 2 is 1.68 bits per heavy atom. The molecule has 154 valence electrons. The second-order valence-corrected chi connectivity index (χ2v) is 6.82. The maximum Gasteiger partial charge on any atom is 0.339 e. The third-order valence-electron chi connectivity index (χ3n) is 4.97. The van der Waals surface area contributed by atoms with Crippen LogP contribution in [0.25, 0.3) is 22.0 Å². The van der Waals surface area contributed by atoms with Crippen molar-refractivity contribution in [1.82, 2.24) is 4.98 Å². The number of nitrogens with one attached hydrogen (secondary N) is 1. The van der Waals surface area contributed by atoms with Gasteiger partial charge in [0.25, 0.3) is 5.91 Å². The van der Waals surface area contributed by atoms with Crippen molar-refractivity contribution in [3.63, 3.8) is 0 Å². The van der Waals surface area contributed by atoms with Crippen molar-refractivity contribution in [3.8, 4) is 16.9 Å². The summed E-state index contributed by atoms with van der Waals surface area (Å²) < 4.78 is 10.1. The van der Waals surface area contributed by atoms with Crippen molar-refractivity contribution in [2.24, 2.45) is 0 Å². The number of carbonyl (C=O) groups is 2. The number of ether oxygens (including phenoxy) is 2. The highest BCUT2D eigenvalue weighted by molar-refractivity contribution is 6.09. The molecule has 6 nitrogen and oxygen atoms in total. The van der Waals surface area contributed by atoms with E-state index in [9.17, 15) is 9.59 Å². The summed E-state index contributed by atoms with van der Waals surface area (Å²) in [7, 11) is 2.87. The van der Waals surface area contributed by atoms with E-state index in [4.69, 9.17) is 9.47 Å². The summed E-state index contributed by atoms with van der Waals surface area (Å²) in [5, 5.41) is 3.80. The number of fused-ring (bicyclic) bond motifs is 1. The van der Waals surface area contributed by atoms with E-state index >= 15 is 0 Å². The highest BCUT2D eigenvalue weighted by atomic mass is 16.5. The number of pyridine rings is 1. The van der Waals surface area contributed by atoms with Gasteiger partial charge in [-0.15, -0.1) is 0 Å². The molecule has 4 aromatic rings. The summed E-state index contributed by atoms with van der Waals surface area (Å²) in [6, 6.07) is 21.7. The van der Waals surface area contributed by atoms with Crippen LogP contribution in [0.5, 0.6) is 5.75 Å². The first kappa shape index (κ1) is 20.1. The zero-order valence-corrected chi connectivity index (χ0v) is 17.1. The van der Waals surface area contributed by atoms with E-state index in [1.54, 1.807) is 49.7 Å². The fourth-order valence-electron chi connectivity index (χ4n) is 3.37. The van der Waals surface area contributed by atoms with Gasteiger partial charge in [0.05, 0.1) is 31.0 Å². The van der Waals surface area contributed by atoms with Crippen LogP contribution in [0.15, 0.2) is 79.0 Å². The van der Waals surface area contributed by atoms with E-state index in [1.165, 1.54) is 7.11 Å². The molecule has 31 heavy (non-hydrogen) atoms. The number of anilines is 1. The molecule has 0 unspecified atom stereocenters. The molecule has 1 amide bonds. The zero-order valence-electron chi connectivity index (χ0n) is 17.1. The fraction of sp³-hybridized carbons (Fsp3) is 0.0800. The van der Waals surface area contributed by atoms with Crippen LogP contribution >= 0.6 is 0 Å². The largest absolute Gasteiger partial charge is 0.497 e. The molecular formula is C25H20N2O4. The van der Waals surface area contributed by atoms with Gasteiger partial charge in [-0.2, -0.15) is 0 Å². The molecule has 0 aliphatic rings. The maximum atomic E-state index is 12.7. The number of esters is 1. The van der Waals surface area contributed by atoms with E-state index < -0.39 is 5.97 Å². The summed E-state index contributed by atoms with van der Waals surface area (Å²) in [5.74, 6) is -0.229. The molecule has 6 heteroatoms. The molecule has 0 radical (unpaired) electrons. The number of carbonyl (C=O) groups excluding carboxylic acids is 2. The Balaban J connectivity index is 1.72. The highest BCUT2D eigenvalue weighted by Gasteiger charge is 2.17. The predicted octanol–water partition coefficient (Wildman–Crippen LogP) is 4.95. The third kappa shape index (κ3) is 4.09. The number of hydrogen-bond acceptors (Lipinski definition) is 5. The molecule has 0 atom stereocenters. The smallest absolute Gasteiger partial charge is 0.339 e. The Labute approximate surface area is 179 Å². The van der Waals surface area contributed by atoms with Gasteiger partial charge >= 0.3 is 5.97 Å². The number of benzene rings is 3. The summed E-state index contributed by atoms with van der Waals surface area (Å²) in [5.41, 5.74) is 3.58. The van der Waals surface area contributed by atoms with Gasteiger partial charge in [0.2, 0.25) is 0 Å². The Bertz CT molecular complexity index is 1260. The van der Waals surface area contributed by atoms with Crippen molar-refractivity contribution in [2.75, 3.05) is 19.5 Å². The van der Waals surface area contributed by atoms with Crippen LogP contribution in [0.1, 0.15) is 20.7 Å². The first-order valence-electron chi connectivity index (χ1n) is 9.62. The first-order valence-corrected chi connectivity index (χ1v) is 9.62. The van der Waals surface area contributed by atoms with Crippen molar-refractivity contribution < 1.29 is 19.1 Å². The van der Waals surface area contributed by atoms with Crippen LogP contribution in [0.3, 0.4) is 0 Å². The lowest BCUT2D eigenvalue weighted by molar-refractivity contribution is 0.0602. The van der Waals surface area contributed by atoms with Gasteiger partial charge in [0.1, 0.15) is 5.75 Å². The summed E-state index contributed by atoms with van der Waals surface area (Å²) in [4.78, 5) is 29.7. The van der Waals surface area contributed by atoms with Crippen LogP contribution < -0.4 is 10.1 Å². The number of methoxy groups -OCH3 is 2. The van der Waals surface area contributed by atoms with Crippen LogP contribution in [-0.2, 0) is 4.74 Å². The van der Waals surface area contributed by atoms with Gasteiger partial charge in [-0.05, 0) is 48.0 Å². The van der Waals surface area contributed by atoms with Crippen LogP contribution in [0.2, 0.25) is 0 Å². The predicted molar refractivity (Wildman–Crippen MR) is 119 cm³/mol. The summed E-state index contributed by atoms with van der Waals surface area (Å²) in [6.07, 6.45) is 1.73. The molecule has 1 heterocycles. The molecule has 1 N–H and O–H groups in total. The van der Waals surface area contributed by atoms with Gasteiger partial charge in [-0.1, -0.05) is 30.3 Å². The van der Waals surface area contributed by atoms with Crippen molar-refractivity contribution in [1.29, 1.82) is 0 Å². The molecule has 1 aromatic heterocycles. The summed E-state index contributed by atoms with van der Waals surface area (Å²) >= 11 is 0. The molecule has 0 bridgehead atoms. The molecular weight excluding hydrogens is 392 g/mol. The van der Waals surface area contributed by atoms with Gasteiger partial charge in [0.15, 0.2) is 0 Å². The number of aromatic nitrogens is 1. The lowest BCUT2D eigenvalue weighted by Gasteiger charge is -2.13. The molecule has 3 aromatic carbocycles. The number of hydrogen-bond donors (Lipinski definition) is 1. The van der Waals surface area contributed by atoms with Gasteiger partial charge < -0.3 is 14.8 Å². The third-order valence-corrected chi connectivity index (χ3v) is 4.97. The maximum absolute atomic E-state index is 12.7. The van der Waals surface area contributed by atoms with Gasteiger partial charge in [0, 0.05) is 22.7 Å². The molecule has 0 saturated carbocycles. The number of para-hydroxylation sites is 1. The number of rotatable bonds is 5. The highest BCUT2D eigenvalue weighted by Crippen LogP contribution is 2.30. The Morgan fingerprint density at radius 1 is 0.903 bits per heavy atom. The van der Waals surface area contributed by atoms with Gasteiger partial charge in [-0.25, -0.2) is 4.79 Å².